The highest BCUT2D eigenvalue weighted by Crippen LogP contribution is 1.77. The molecule has 0 fully saturated rings. The maximum atomic E-state index is 10.4. The first-order valence-corrected chi connectivity index (χ1v) is 2.44. The lowest BCUT2D eigenvalue weighted by molar-refractivity contribution is 0.211. The molecule has 0 aliphatic heterocycles. The van der Waals surface area contributed by atoms with Crippen LogP contribution in [0.4, 0.5) is 4.79 Å². The third kappa shape index (κ3) is 1.79. The number of hydrazine groups is 1. The average Bonchev–Trinajstić information content (AvgIpc) is 1.84. The fraction of sp³-hybridized carbons (Fsp3) is 0.750. The van der Waals surface area contributed by atoms with Crippen molar-refractivity contribution in [3.63, 3.8) is 0 Å². The minimum absolute atomic E-state index is 0.257. The largest absolute Gasteiger partial charge is 0.331 e. The Morgan fingerprint density at radius 1 is 1.88 bits per heavy atom. The lowest BCUT2D eigenvalue weighted by Crippen LogP contribution is -2.40. The number of nitrogens with two attached hydrogens (primary N) is 1. The summed E-state index contributed by atoms with van der Waals surface area (Å²) in [6.45, 7) is 2.54. The molecule has 0 rings (SSSR count). The summed E-state index contributed by atoms with van der Waals surface area (Å²) in [5, 5.41) is 0. The topological polar surface area (TPSA) is 58.4 Å². The molecule has 3 N–H and O–H groups in total. The summed E-state index contributed by atoms with van der Waals surface area (Å²) in [4.78, 5) is 11.9. The van der Waals surface area contributed by atoms with Crippen LogP contribution in [0, 0.1) is 0 Å². The first-order valence-electron chi connectivity index (χ1n) is 2.44. The number of carbonyl (C=O) groups is 1. The summed E-state index contributed by atoms with van der Waals surface area (Å²) in [6.07, 6.45) is 0. The Kier molecular flexibility index (Phi) is 2.95. The molecule has 0 saturated heterocycles. The maximum Gasteiger partial charge on any atom is 0.331 e. The first kappa shape index (κ1) is 7.23. The van der Waals surface area contributed by atoms with Crippen molar-refractivity contribution < 1.29 is 4.79 Å². The van der Waals surface area contributed by atoms with E-state index < -0.39 is 0 Å². The van der Waals surface area contributed by atoms with Crippen molar-refractivity contribution in [1.82, 2.24) is 10.3 Å². The van der Waals surface area contributed by atoms with Gasteiger partial charge >= 0.3 is 6.03 Å². The van der Waals surface area contributed by atoms with Crippen LogP contribution in [-0.4, -0.2) is 24.5 Å². The van der Waals surface area contributed by atoms with Crippen LogP contribution < -0.4 is 11.3 Å². The molecule has 0 radical (unpaired) electrons. The molecule has 0 aromatic heterocycles. The lowest BCUT2D eigenvalue weighted by Gasteiger charge is -2.11. The molecule has 0 saturated carbocycles. The van der Waals surface area contributed by atoms with Crippen LogP contribution in [0.3, 0.4) is 0 Å². The van der Waals surface area contributed by atoms with Gasteiger partial charge in [0.1, 0.15) is 0 Å². The van der Waals surface area contributed by atoms with Crippen molar-refractivity contribution in [2.75, 3.05) is 13.6 Å². The molecule has 2 amide bonds. The van der Waals surface area contributed by atoms with Gasteiger partial charge in [-0.05, 0) is 6.92 Å². The molecule has 48 valence electrons. The van der Waals surface area contributed by atoms with E-state index in [2.05, 4.69) is 0 Å². The minimum Gasteiger partial charge on any atom is -0.327 e. The van der Waals surface area contributed by atoms with Crippen LogP contribution in [0.25, 0.3) is 0 Å². The van der Waals surface area contributed by atoms with E-state index in [-0.39, 0.29) is 6.03 Å². The standard InChI is InChI=1S/C4H11N3O/c1-3-7(2)4(8)6-5/h3,5H2,1-2H3,(H,6,8). The highest BCUT2D eigenvalue weighted by Gasteiger charge is 1.99. The highest BCUT2D eigenvalue weighted by molar-refractivity contribution is 5.72. The SMILES string of the molecule is CCN(C)C(=O)NN. The van der Waals surface area contributed by atoms with Gasteiger partial charge in [-0.25, -0.2) is 10.6 Å². The minimum atomic E-state index is -0.257. The monoisotopic (exact) mass is 117 g/mol. The molecule has 8 heavy (non-hydrogen) atoms. The van der Waals surface area contributed by atoms with Crippen molar-refractivity contribution in [3.8, 4) is 0 Å². The molecule has 0 aliphatic rings. The Balaban J connectivity index is 3.46. The molecule has 0 aliphatic carbocycles. The molecule has 0 heterocycles. The molecule has 0 aromatic rings. The van der Waals surface area contributed by atoms with Crippen LogP contribution in [0.5, 0.6) is 0 Å². The second-order valence-corrected chi connectivity index (χ2v) is 1.46. The van der Waals surface area contributed by atoms with Gasteiger partial charge in [-0.2, -0.15) is 0 Å². The predicted octanol–water partition coefficient (Wildman–Crippen LogP) is -0.479. The Bertz CT molecular complexity index is 83.4. The summed E-state index contributed by atoms with van der Waals surface area (Å²) in [6, 6.07) is -0.257. The summed E-state index contributed by atoms with van der Waals surface area (Å²) in [7, 11) is 1.67. The number of urea groups is 1. The predicted molar refractivity (Wildman–Crippen MR) is 31.0 cm³/mol. The molecule has 0 unspecified atom stereocenters. The van der Waals surface area contributed by atoms with Gasteiger partial charge in [-0.3, -0.25) is 5.43 Å². The van der Waals surface area contributed by atoms with Gasteiger partial charge < -0.3 is 4.90 Å². The van der Waals surface area contributed by atoms with Gasteiger partial charge in [-0.15, -0.1) is 0 Å². The number of rotatable bonds is 1. The van der Waals surface area contributed by atoms with E-state index in [1.807, 2.05) is 12.3 Å². The quantitative estimate of drug-likeness (QED) is 0.277. The zero-order valence-corrected chi connectivity index (χ0v) is 5.14. The second-order valence-electron chi connectivity index (χ2n) is 1.46. The number of hydrogen-bond donors (Lipinski definition) is 2. The van der Waals surface area contributed by atoms with Crippen LogP contribution in [0.2, 0.25) is 0 Å². The Labute approximate surface area is 48.6 Å². The Hall–Kier alpha value is -0.770. The molecule has 4 heteroatoms. The number of nitrogens with zero attached hydrogens (tertiary/aromatic N) is 1. The third-order valence-corrected chi connectivity index (χ3v) is 0.945. The molecule has 0 aromatic carbocycles. The molecule has 0 spiro atoms. The van der Waals surface area contributed by atoms with Gasteiger partial charge in [0.2, 0.25) is 0 Å². The van der Waals surface area contributed by atoms with Crippen LogP contribution in [0.15, 0.2) is 0 Å². The zero-order chi connectivity index (χ0) is 6.57. The molecular weight excluding hydrogens is 106 g/mol. The summed E-state index contributed by atoms with van der Waals surface area (Å²) in [5.74, 6) is 4.81. The number of carbonyl (C=O) groups excluding carboxylic acids is 1. The second kappa shape index (κ2) is 3.26. The molecule has 0 bridgehead atoms. The van der Waals surface area contributed by atoms with E-state index in [1.165, 1.54) is 4.90 Å². The van der Waals surface area contributed by atoms with Crippen LogP contribution in [0.1, 0.15) is 6.92 Å². The van der Waals surface area contributed by atoms with Crippen molar-refractivity contribution in [2.24, 2.45) is 5.84 Å². The fourth-order valence-corrected chi connectivity index (χ4v) is 0.254. The van der Waals surface area contributed by atoms with Crippen LogP contribution >= 0.6 is 0 Å². The number of hydrogen-bond acceptors (Lipinski definition) is 2. The van der Waals surface area contributed by atoms with Crippen molar-refractivity contribution >= 4 is 6.03 Å². The number of nitrogens with one attached hydrogen (secondary N) is 1. The van der Waals surface area contributed by atoms with E-state index in [1.54, 1.807) is 7.05 Å². The Morgan fingerprint density at radius 3 is 2.50 bits per heavy atom. The van der Waals surface area contributed by atoms with Gasteiger partial charge in [-0.1, -0.05) is 0 Å². The first-order chi connectivity index (χ1) is 3.72. The van der Waals surface area contributed by atoms with Crippen molar-refractivity contribution in [3.05, 3.63) is 0 Å². The average molecular weight is 117 g/mol. The molecular formula is C4H11N3O. The smallest absolute Gasteiger partial charge is 0.327 e. The highest BCUT2D eigenvalue weighted by atomic mass is 16.2. The van der Waals surface area contributed by atoms with Gasteiger partial charge in [0.25, 0.3) is 0 Å². The van der Waals surface area contributed by atoms with E-state index >= 15 is 0 Å². The molecule has 0 atom stereocenters. The summed E-state index contributed by atoms with van der Waals surface area (Å²) in [5.41, 5.74) is 2.00. The fourth-order valence-electron chi connectivity index (χ4n) is 0.254. The summed E-state index contributed by atoms with van der Waals surface area (Å²) < 4.78 is 0. The lowest BCUT2D eigenvalue weighted by atomic mass is 10.6. The molecule has 4 nitrogen and oxygen atoms in total. The van der Waals surface area contributed by atoms with Gasteiger partial charge in [0.15, 0.2) is 0 Å². The van der Waals surface area contributed by atoms with E-state index in [9.17, 15) is 4.79 Å². The zero-order valence-electron chi connectivity index (χ0n) is 5.14. The van der Waals surface area contributed by atoms with Gasteiger partial charge in [0, 0.05) is 13.6 Å². The maximum absolute atomic E-state index is 10.4. The van der Waals surface area contributed by atoms with Crippen molar-refractivity contribution in [2.45, 2.75) is 6.92 Å². The van der Waals surface area contributed by atoms with E-state index in [0.717, 1.165) is 0 Å². The van der Waals surface area contributed by atoms with E-state index in [0.29, 0.717) is 6.54 Å². The van der Waals surface area contributed by atoms with Crippen LogP contribution in [-0.2, 0) is 0 Å². The Morgan fingerprint density at radius 2 is 2.38 bits per heavy atom. The van der Waals surface area contributed by atoms with Crippen molar-refractivity contribution in [1.29, 1.82) is 0 Å². The van der Waals surface area contributed by atoms with Gasteiger partial charge in [0.05, 0.1) is 0 Å². The third-order valence-electron chi connectivity index (χ3n) is 0.945. The normalized spacial score (nSPS) is 8.38. The van der Waals surface area contributed by atoms with E-state index in [4.69, 9.17) is 5.84 Å². The number of amides is 2. The summed E-state index contributed by atoms with van der Waals surface area (Å²) >= 11 is 0.